The van der Waals surface area contributed by atoms with Crippen LogP contribution in [-0.2, 0) is 0 Å². The van der Waals surface area contributed by atoms with E-state index in [1.807, 2.05) is 23.5 Å². The number of aromatic nitrogens is 1. The SMILES string of the molecule is Cc1nc(NC(=O)NC(=O)c2c(F)cccc2Cl)ccc1-c1cccc(Cl)c1. The molecule has 1 heterocycles. The van der Waals surface area contributed by atoms with Gasteiger partial charge in [-0.15, -0.1) is 0 Å². The van der Waals surface area contributed by atoms with Crippen LogP contribution in [0, 0.1) is 12.7 Å². The number of carbonyl (C=O) groups is 2. The Bertz CT molecular complexity index is 1050. The molecule has 0 bridgehead atoms. The highest BCUT2D eigenvalue weighted by Gasteiger charge is 2.18. The number of nitrogens with one attached hydrogen (secondary N) is 2. The van der Waals surface area contributed by atoms with E-state index in [9.17, 15) is 14.0 Å². The van der Waals surface area contributed by atoms with Crippen LogP contribution in [0.1, 0.15) is 16.1 Å². The van der Waals surface area contributed by atoms with Gasteiger partial charge in [0.1, 0.15) is 11.6 Å². The first-order chi connectivity index (χ1) is 13.3. The van der Waals surface area contributed by atoms with E-state index in [4.69, 9.17) is 23.2 Å². The molecular weight excluding hydrogens is 404 g/mol. The zero-order chi connectivity index (χ0) is 20.3. The monoisotopic (exact) mass is 417 g/mol. The fraction of sp³-hybridized carbons (Fsp3) is 0.0500. The average Bonchev–Trinajstić information content (AvgIpc) is 2.61. The standard InChI is InChI=1S/C20H14Cl2FN3O2/c1-11-14(12-4-2-5-13(21)10-12)8-9-17(24-11)25-20(28)26-19(27)18-15(22)6-3-7-16(18)23/h2-10H,1H3,(H2,24,25,26,27,28). The van der Waals surface area contributed by atoms with Gasteiger partial charge in [-0.25, -0.2) is 14.2 Å². The van der Waals surface area contributed by atoms with Crippen molar-refractivity contribution in [2.75, 3.05) is 5.32 Å². The van der Waals surface area contributed by atoms with Crippen molar-refractivity contribution in [1.82, 2.24) is 10.3 Å². The van der Waals surface area contributed by atoms with E-state index in [-0.39, 0.29) is 10.8 Å². The van der Waals surface area contributed by atoms with Crippen LogP contribution >= 0.6 is 23.2 Å². The number of halogens is 3. The summed E-state index contributed by atoms with van der Waals surface area (Å²) in [6.07, 6.45) is 0. The third-order valence-electron chi connectivity index (χ3n) is 3.88. The normalized spacial score (nSPS) is 10.4. The van der Waals surface area contributed by atoms with Crippen molar-refractivity contribution in [3.05, 3.63) is 81.7 Å². The summed E-state index contributed by atoms with van der Waals surface area (Å²) in [7, 11) is 0. The number of benzene rings is 2. The number of amides is 3. The van der Waals surface area contributed by atoms with Crippen molar-refractivity contribution >= 4 is 41.0 Å². The van der Waals surface area contributed by atoms with Gasteiger partial charge in [-0.05, 0) is 48.9 Å². The Labute approximate surface area is 170 Å². The van der Waals surface area contributed by atoms with E-state index >= 15 is 0 Å². The van der Waals surface area contributed by atoms with Gasteiger partial charge in [-0.1, -0.05) is 41.4 Å². The third kappa shape index (κ3) is 4.47. The molecule has 0 aliphatic rings. The number of rotatable bonds is 3. The summed E-state index contributed by atoms with van der Waals surface area (Å²) >= 11 is 11.8. The number of imide groups is 1. The second kappa shape index (κ2) is 8.37. The van der Waals surface area contributed by atoms with E-state index in [0.29, 0.717) is 10.7 Å². The zero-order valence-electron chi connectivity index (χ0n) is 14.6. The molecule has 5 nitrogen and oxygen atoms in total. The lowest BCUT2D eigenvalue weighted by Gasteiger charge is -2.10. The number of anilines is 1. The van der Waals surface area contributed by atoms with Gasteiger partial charge in [-0.3, -0.25) is 15.4 Å². The van der Waals surface area contributed by atoms with Gasteiger partial charge in [-0.2, -0.15) is 0 Å². The molecule has 0 radical (unpaired) electrons. The summed E-state index contributed by atoms with van der Waals surface area (Å²) in [5.41, 5.74) is 1.99. The molecule has 0 saturated heterocycles. The minimum Gasteiger partial charge on any atom is -0.292 e. The van der Waals surface area contributed by atoms with E-state index < -0.39 is 23.3 Å². The maximum atomic E-state index is 13.8. The Hall–Kier alpha value is -2.96. The molecule has 8 heteroatoms. The summed E-state index contributed by atoms with van der Waals surface area (Å²) in [6.45, 7) is 1.78. The van der Waals surface area contributed by atoms with E-state index in [1.165, 1.54) is 12.1 Å². The minimum absolute atomic E-state index is 0.0925. The van der Waals surface area contributed by atoms with E-state index in [1.54, 1.807) is 25.1 Å². The number of hydrogen-bond acceptors (Lipinski definition) is 3. The Morgan fingerprint density at radius 2 is 1.79 bits per heavy atom. The largest absolute Gasteiger partial charge is 0.327 e. The van der Waals surface area contributed by atoms with Crippen LogP contribution in [0.5, 0.6) is 0 Å². The van der Waals surface area contributed by atoms with Crippen molar-refractivity contribution in [2.45, 2.75) is 6.92 Å². The van der Waals surface area contributed by atoms with Crippen LogP contribution in [0.2, 0.25) is 10.0 Å². The lowest BCUT2D eigenvalue weighted by molar-refractivity contribution is 0.0963. The molecular formula is C20H14Cl2FN3O2. The van der Waals surface area contributed by atoms with Gasteiger partial charge in [0, 0.05) is 16.3 Å². The molecule has 0 aliphatic carbocycles. The predicted molar refractivity (Wildman–Crippen MR) is 107 cm³/mol. The zero-order valence-corrected chi connectivity index (χ0v) is 16.1. The number of nitrogens with zero attached hydrogens (tertiary/aromatic N) is 1. The number of aryl methyl sites for hydroxylation is 1. The first-order valence-electron chi connectivity index (χ1n) is 8.15. The highest BCUT2D eigenvalue weighted by atomic mass is 35.5. The highest BCUT2D eigenvalue weighted by Crippen LogP contribution is 2.26. The molecule has 0 fully saturated rings. The van der Waals surface area contributed by atoms with Crippen LogP contribution in [0.15, 0.2) is 54.6 Å². The van der Waals surface area contributed by atoms with E-state index in [2.05, 4.69) is 10.3 Å². The van der Waals surface area contributed by atoms with Crippen LogP contribution in [0.25, 0.3) is 11.1 Å². The van der Waals surface area contributed by atoms with Gasteiger partial charge in [0.05, 0.1) is 10.6 Å². The van der Waals surface area contributed by atoms with Crippen LogP contribution in [-0.4, -0.2) is 16.9 Å². The molecule has 0 atom stereocenters. The van der Waals surface area contributed by atoms with Crippen molar-refractivity contribution in [2.24, 2.45) is 0 Å². The van der Waals surface area contributed by atoms with Gasteiger partial charge in [0.25, 0.3) is 5.91 Å². The minimum atomic E-state index is -0.951. The Morgan fingerprint density at radius 1 is 1.04 bits per heavy atom. The molecule has 3 amide bonds. The maximum absolute atomic E-state index is 13.8. The first-order valence-corrected chi connectivity index (χ1v) is 8.90. The van der Waals surface area contributed by atoms with Crippen LogP contribution in [0.3, 0.4) is 0 Å². The Morgan fingerprint density at radius 3 is 2.46 bits per heavy atom. The summed E-state index contributed by atoms with van der Waals surface area (Å²) < 4.78 is 13.8. The molecule has 0 spiro atoms. The molecule has 0 unspecified atom stereocenters. The van der Waals surface area contributed by atoms with Gasteiger partial charge < -0.3 is 0 Å². The lowest BCUT2D eigenvalue weighted by atomic mass is 10.0. The Kier molecular flexibility index (Phi) is 5.92. The molecule has 28 heavy (non-hydrogen) atoms. The first kappa shape index (κ1) is 19.8. The summed E-state index contributed by atoms with van der Waals surface area (Å²) in [4.78, 5) is 28.5. The molecule has 2 N–H and O–H groups in total. The fourth-order valence-corrected chi connectivity index (χ4v) is 3.06. The summed E-state index contributed by atoms with van der Waals surface area (Å²) in [6, 6.07) is 13.6. The number of pyridine rings is 1. The average molecular weight is 418 g/mol. The second-order valence-electron chi connectivity index (χ2n) is 5.84. The molecule has 0 aliphatic heterocycles. The van der Waals surface area contributed by atoms with Crippen molar-refractivity contribution in [3.8, 4) is 11.1 Å². The van der Waals surface area contributed by atoms with Crippen molar-refractivity contribution in [3.63, 3.8) is 0 Å². The summed E-state index contributed by atoms with van der Waals surface area (Å²) in [5.74, 6) is -1.54. The molecule has 2 aromatic carbocycles. The number of hydrogen-bond donors (Lipinski definition) is 2. The molecule has 3 aromatic rings. The summed E-state index contributed by atoms with van der Waals surface area (Å²) in [5, 5.41) is 4.98. The topological polar surface area (TPSA) is 71.1 Å². The fourth-order valence-electron chi connectivity index (χ4n) is 2.62. The third-order valence-corrected chi connectivity index (χ3v) is 4.43. The predicted octanol–water partition coefficient (Wildman–Crippen LogP) is 5.46. The Balaban J connectivity index is 1.72. The van der Waals surface area contributed by atoms with Crippen LogP contribution in [0.4, 0.5) is 15.0 Å². The maximum Gasteiger partial charge on any atom is 0.327 e. The van der Waals surface area contributed by atoms with Crippen LogP contribution < -0.4 is 10.6 Å². The second-order valence-corrected chi connectivity index (χ2v) is 6.69. The smallest absolute Gasteiger partial charge is 0.292 e. The number of urea groups is 1. The lowest BCUT2D eigenvalue weighted by Crippen LogP contribution is -2.35. The molecule has 0 saturated carbocycles. The van der Waals surface area contributed by atoms with Gasteiger partial charge in [0.2, 0.25) is 0 Å². The van der Waals surface area contributed by atoms with Gasteiger partial charge in [0.15, 0.2) is 0 Å². The molecule has 3 rings (SSSR count). The van der Waals surface area contributed by atoms with Gasteiger partial charge >= 0.3 is 6.03 Å². The van der Waals surface area contributed by atoms with E-state index in [0.717, 1.165) is 17.2 Å². The quantitative estimate of drug-likeness (QED) is 0.593. The molecule has 142 valence electrons. The van der Waals surface area contributed by atoms with Crippen molar-refractivity contribution in [1.29, 1.82) is 0 Å². The highest BCUT2D eigenvalue weighted by molar-refractivity contribution is 6.34. The molecule has 1 aromatic heterocycles. The number of carbonyl (C=O) groups excluding carboxylic acids is 2. The van der Waals surface area contributed by atoms with Crippen molar-refractivity contribution < 1.29 is 14.0 Å².